The molecule has 1 amide bonds. The molecule has 0 saturated heterocycles. The summed E-state index contributed by atoms with van der Waals surface area (Å²) in [6.07, 6.45) is -4.54. The molecule has 1 heterocycles. The fourth-order valence-corrected chi connectivity index (χ4v) is 1.97. The number of carbonyl (C=O) groups is 1. The average molecular weight is 297 g/mol. The Labute approximate surface area is 115 Å². The van der Waals surface area contributed by atoms with E-state index < -0.39 is 17.6 Å². The molecule has 0 bridgehead atoms. The van der Waals surface area contributed by atoms with Gasteiger partial charge in [0.1, 0.15) is 11.8 Å². The van der Waals surface area contributed by atoms with Gasteiger partial charge in [0.05, 0.1) is 22.3 Å². The SMILES string of the molecule is N#Cc1cc(C(F)(F)F)ccc1NC(=O)c1cscn1. The van der Waals surface area contributed by atoms with Gasteiger partial charge in [-0.05, 0) is 18.2 Å². The maximum absolute atomic E-state index is 12.5. The normalized spacial score (nSPS) is 10.9. The Kier molecular flexibility index (Phi) is 3.72. The minimum absolute atomic E-state index is 0.0125. The fourth-order valence-electron chi connectivity index (χ4n) is 1.43. The van der Waals surface area contributed by atoms with Crippen molar-refractivity contribution in [1.29, 1.82) is 5.26 Å². The van der Waals surface area contributed by atoms with E-state index in [-0.39, 0.29) is 16.9 Å². The van der Waals surface area contributed by atoms with Crippen LogP contribution in [0.5, 0.6) is 0 Å². The molecule has 1 aromatic heterocycles. The number of nitriles is 1. The summed E-state index contributed by atoms with van der Waals surface area (Å²) in [5.41, 5.74) is 0.397. The van der Waals surface area contributed by atoms with E-state index in [2.05, 4.69) is 10.3 Å². The zero-order valence-corrected chi connectivity index (χ0v) is 10.5. The van der Waals surface area contributed by atoms with Crippen molar-refractivity contribution < 1.29 is 18.0 Å². The van der Waals surface area contributed by atoms with Crippen LogP contribution >= 0.6 is 11.3 Å². The third-order valence-electron chi connectivity index (χ3n) is 2.38. The smallest absolute Gasteiger partial charge is 0.319 e. The van der Waals surface area contributed by atoms with Crippen molar-refractivity contribution in [1.82, 2.24) is 4.98 Å². The number of benzene rings is 1. The number of amides is 1. The molecule has 4 nitrogen and oxygen atoms in total. The lowest BCUT2D eigenvalue weighted by Gasteiger charge is -2.10. The van der Waals surface area contributed by atoms with Crippen LogP contribution < -0.4 is 5.32 Å². The van der Waals surface area contributed by atoms with Crippen molar-refractivity contribution in [3.8, 4) is 6.07 Å². The first-order chi connectivity index (χ1) is 9.41. The van der Waals surface area contributed by atoms with Gasteiger partial charge in [-0.3, -0.25) is 4.79 Å². The molecule has 1 N–H and O–H groups in total. The Balaban J connectivity index is 2.29. The summed E-state index contributed by atoms with van der Waals surface area (Å²) in [6.45, 7) is 0. The average Bonchev–Trinajstić information content (AvgIpc) is 2.91. The summed E-state index contributed by atoms with van der Waals surface area (Å²) in [5.74, 6) is -0.581. The molecular formula is C12H6F3N3OS. The van der Waals surface area contributed by atoms with E-state index in [1.165, 1.54) is 22.2 Å². The van der Waals surface area contributed by atoms with Crippen LogP contribution in [0.2, 0.25) is 0 Å². The van der Waals surface area contributed by atoms with Crippen LogP contribution in [0.4, 0.5) is 18.9 Å². The quantitative estimate of drug-likeness (QED) is 0.925. The molecule has 20 heavy (non-hydrogen) atoms. The number of thiazole rings is 1. The number of carbonyl (C=O) groups excluding carboxylic acids is 1. The van der Waals surface area contributed by atoms with Crippen molar-refractivity contribution in [2.45, 2.75) is 6.18 Å². The van der Waals surface area contributed by atoms with Crippen molar-refractivity contribution in [3.05, 3.63) is 45.9 Å². The summed E-state index contributed by atoms with van der Waals surface area (Å²) < 4.78 is 37.5. The third-order valence-corrected chi connectivity index (χ3v) is 2.97. The summed E-state index contributed by atoms with van der Waals surface area (Å²) >= 11 is 1.21. The lowest BCUT2D eigenvalue weighted by Crippen LogP contribution is -2.14. The van der Waals surface area contributed by atoms with E-state index >= 15 is 0 Å². The van der Waals surface area contributed by atoms with Gasteiger partial charge in [0.15, 0.2) is 0 Å². The maximum Gasteiger partial charge on any atom is 0.416 e. The number of hydrogen-bond donors (Lipinski definition) is 1. The summed E-state index contributed by atoms with van der Waals surface area (Å²) in [6, 6.07) is 4.17. The first-order valence-electron chi connectivity index (χ1n) is 5.22. The molecule has 0 spiro atoms. The van der Waals surface area contributed by atoms with Gasteiger partial charge in [0.2, 0.25) is 0 Å². The molecule has 0 radical (unpaired) electrons. The molecular weight excluding hydrogens is 291 g/mol. The second kappa shape index (κ2) is 5.30. The predicted octanol–water partition coefficient (Wildman–Crippen LogP) is 3.29. The molecule has 0 aliphatic rings. The maximum atomic E-state index is 12.5. The lowest BCUT2D eigenvalue weighted by molar-refractivity contribution is -0.137. The second-order valence-corrected chi connectivity index (χ2v) is 4.42. The molecule has 0 unspecified atom stereocenters. The van der Waals surface area contributed by atoms with Crippen LogP contribution in [0, 0.1) is 11.3 Å². The molecule has 2 rings (SSSR count). The third kappa shape index (κ3) is 2.95. The number of anilines is 1. The predicted molar refractivity (Wildman–Crippen MR) is 66.2 cm³/mol. The van der Waals surface area contributed by atoms with E-state index in [1.54, 1.807) is 6.07 Å². The van der Waals surface area contributed by atoms with Gasteiger partial charge >= 0.3 is 6.18 Å². The van der Waals surface area contributed by atoms with Crippen LogP contribution in [0.15, 0.2) is 29.1 Å². The zero-order valence-electron chi connectivity index (χ0n) is 9.73. The molecule has 0 aliphatic heterocycles. The number of rotatable bonds is 2. The van der Waals surface area contributed by atoms with Crippen LogP contribution in [-0.2, 0) is 6.18 Å². The molecule has 2 aromatic rings. The molecule has 0 atom stereocenters. The fraction of sp³-hybridized carbons (Fsp3) is 0.0833. The number of aromatic nitrogens is 1. The Morgan fingerprint density at radius 2 is 2.15 bits per heavy atom. The highest BCUT2D eigenvalue weighted by atomic mass is 32.1. The second-order valence-electron chi connectivity index (χ2n) is 3.70. The summed E-state index contributed by atoms with van der Waals surface area (Å²) in [4.78, 5) is 15.5. The minimum Gasteiger partial charge on any atom is -0.319 e. The first-order valence-corrected chi connectivity index (χ1v) is 6.17. The molecule has 102 valence electrons. The van der Waals surface area contributed by atoms with Crippen LogP contribution in [0.1, 0.15) is 21.6 Å². The van der Waals surface area contributed by atoms with Gasteiger partial charge in [-0.15, -0.1) is 11.3 Å². The molecule has 0 aliphatic carbocycles. The zero-order chi connectivity index (χ0) is 14.8. The van der Waals surface area contributed by atoms with Crippen molar-refractivity contribution in [3.63, 3.8) is 0 Å². The number of hydrogen-bond acceptors (Lipinski definition) is 4. The van der Waals surface area contributed by atoms with Crippen LogP contribution in [0.3, 0.4) is 0 Å². The van der Waals surface area contributed by atoms with Gasteiger partial charge in [-0.25, -0.2) is 4.98 Å². The van der Waals surface area contributed by atoms with Crippen molar-refractivity contribution in [2.75, 3.05) is 5.32 Å². The van der Waals surface area contributed by atoms with E-state index in [9.17, 15) is 18.0 Å². The molecule has 1 aromatic carbocycles. The van der Waals surface area contributed by atoms with E-state index in [0.29, 0.717) is 6.07 Å². The summed E-state index contributed by atoms with van der Waals surface area (Å²) in [7, 11) is 0. The van der Waals surface area contributed by atoms with E-state index in [1.807, 2.05) is 0 Å². The van der Waals surface area contributed by atoms with E-state index in [0.717, 1.165) is 12.1 Å². The van der Waals surface area contributed by atoms with Crippen LogP contribution in [-0.4, -0.2) is 10.9 Å². The largest absolute Gasteiger partial charge is 0.416 e. The number of nitrogens with zero attached hydrogens (tertiary/aromatic N) is 2. The number of alkyl halides is 3. The first kappa shape index (κ1) is 14.0. The lowest BCUT2D eigenvalue weighted by atomic mass is 10.1. The van der Waals surface area contributed by atoms with Gasteiger partial charge in [-0.2, -0.15) is 18.4 Å². The Morgan fingerprint density at radius 3 is 2.70 bits per heavy atom. The monoisotopic (exact) mass is 297 g/mol. The highest BCUT2D eigenvalue weighted by molar-refractivity contribution is 7.07. The number of nitrogens with one attached hydrogen (secondary N) is 1. The highest BCUT2D eigenvalue weighted by Crippen LogP contribution is 2.31. The Hall–Kier alpha value is -2.40. The van der Waals surface area contributed by atoms with Gasteiger partial charge in [0.25, 0.3) is 5.91 Å². The minimum atomic E-state index is -4.54. The number of halogens is 3. The van der Waals surface area contributed by atoms with Gasteiger partial charge < -0.3 is 5.32 Å². The molecule has 0 fully saturated rings. The Bertz CT molecular complexity index is 674. The van der Waals surface area contributed by atoms with Crippen molar-refractivity contribution >= 4 is 22.9 Å². The van der Waals surface area contributed by atoms with Gasteiger partial charge in [-0.1, -0.05) is 0 Å². The Morgan fingerprint density at radius 1 is 1.40 bits per heavy atom. The van der Waals surface area contributed by atoms with Gasteiger partial charge in [0, 0.05) is 5.38 Å². The van der Waals surface area contributed by atoms with E-state index in [4.69, 9.17) is 5.26 Å². The molecule has 0 saturated carbocycles. The van der Waals surface area contributed by atoms with Crippen molar-refractivity contribution in [2.24, 2.45) is 0 Å². The summed E-state index contributed by atoms with van der Waals surface area (Å²) in [5, 5.41) is 12.7. The topological polar surface area (TPSA) is 65.8 Å². The standard InChI is InChI=1S/C12H6F3N3OS/c13-12(14,15)8-1-2-9(7(3-8)4-16)18-11(19)10-5-20-6-17-10/h1-3,5-6H,(H,18,19). The molecule has 8 heteroatoms. The van der Waals surface area contributed by atoms with Crippen LogP contribution in [0.25, 0.3) is 0 Å². The highest BCUT2D eigenvalue weighted by Gasteiger charge is 2.31.